The number of aromatic nitrogens is 2. The Hall–Kier alpha value is -3.13. The zero-order valence-corrected chi connectivity index (χ0v) is 16.7. The number of hydrogen-bond acceptors (Lipinski definition) is 5. The molecule has 0 saturated heterocycles. The third-order valence-corrected chi connectivity index (χ3v) is 5.48. The summed E-state index contributed by atoms with van der Waals surface area (Å²) in [7, 11) is 3.39. The first-order valence-corrected chi connectivity index (χ1v) is 9.82. The van der Waals surface area contributed by atoms with E-state index in [2.05, 4.69) is 10.3 Å². The van der Waals surface area contributed by atoms with E-state index in [9.17, 15) is 9.00 Å². The number of carbonyl (C=O) groups excluding carboxylic acids is 1. The van der Waals surface area contributed by atoms with Gasteiger partial charge >= 0.3 is 0 Å². The number of ether oxygens (including phenoxy) is 2. The normalized spacial score (nSPS) is 11.7. The number of nitrogens with zero attached hydrogens (tertiary/aromatic N) is 2. The Morgan fingerprint density at radius 2 is 1.61 bits per heavy atom. The molecule has 0 saturated carbocycles. The Morgan fingerprint density at radius 3 is 2.18 bits per heavy atom. The molecule has 1 heterocycles. The molecule has 28 heavy (non-hydrogen) atoms. The van der Waals surface area contributed by atoms with Gasteiger partial charge in [0.05, 0.1) is 36.9 Å². The molecule has 146 valence electrons. The molecule has 1 amide bonds. The van der Waals surface area contributed by atoms with Crippen LogP contribution in [0.5, 0.6) is 11.5 Å². The standard InChI is InChI=1S/C20H21N3O4S/c1-23-18(14-4-8-16(26-2)9-5-14)12-21-20(23)28(25)13-19(24)22-15-6-10-17(27-3)11-7-15/h4-12H,13H2,1-3H3,(H,22,24)/t28-/m0/s1. The van der Waals surface area contributed by atoms with E-state index in [-0.39, 0.29) is 11.7 Å². The first kappa shape index (κ1) is 19.6. The summed E-state index contributed by atoms with van der Waals surface area (Å²) in [6.07, 6.45) is 1.65. The summed E-state index contributed by atoms with van der Waals surface area (Å²) < 4.78 is 24.6. The van der Waals surface area contributed by atoms with E-state index in [4.69, 9.17) is 9.47 Å². The van der Waals surface area contributed by atoms with Crippen molar-refractivity contribution in [2.45, 2.75) is 5.16 Å². The topological polar surface area (TPSA) is 82.4 Å². The van der Waals surface area contributed by atoms with Crippen LogP contribution in [0.15, 0.2) is 59.9 Å². The number of anilines is 1. The number of hydrogen-bond donors (Lipinski definition) is 1. The minimum absolute atomic E-state index is 0.182. The van der Waals surface area contributed by atoms with Crippen LogP contribution in [0, 0.1) is 0 Å². The van der Waals surface area contributed by atoms with Crippen LogP contribution in [0.3, 0.4) is 0 Å². The highest BCUT2D eigenvalue weighted by Crippen LogP contribution is 2.24. The molecule has 3 rings (SSSR count). The van der Waals surface area contributed by atoms with Crippen molar-refractivity contribution in [1.29, 1.82) is 0 Å². The van der Waals surface area contributed by atoms with Crippen molar-refractivity contribution in [2.75, 3.05) is 25.3 Å². The minimum Gasteiger partial charge on any atom is -0.497 e. The summed E-state index contributed by atoms with van der Waals surface area (Å²) >= 11 is 0. The summed E-state index contributed by atoms with van der Waals surface area (Å²) in [5, 5.41) is 3.07. The summed E-state index contributed by atoms with van der Waals surface area (Å²) in [5.41, 5.74) is 2.34. The molecule has 3 aromatic rings. The van der Waals surface area contributed by atoms with Gasteiger partial charge in [0, 0.05) is 18.3 Å². The van der Waals surface area contributed by atoms with E-state index in [1.807, 2.05) is 24.3 Å². The predicted octanol–water partition coefficient (Wildman–Crippen LogP) is 2.85. The molecule has 0 fully saturated rings. The van der Waals surface area contributed by atoms with Crippen LogP contribution in [0.1, 0.15) is 0 Å². The number of carbonyl (C=O) groups is 1. The molecule has 0 aliphatic carbocycles. The molecule has 0 bridgehead atoms. The summed E-state index contributed by atoms with van der Waals surface area (Å²) in [5.74, 6) is 0.918. The number of nitrogens with one attached hydrogen (secondary N) is 1. The maximum absolute atomic E-state index is 12.6. The van der Waals surface area contributed by atoms with Gasteiger partial charge in [0.2, 0.25) is 5.91 Å². The highest BCUT2D eigenvalue weighted by Gasteiger charge is 2.17. The molecule has 0 aliphatic rings. The highest BCUT2D eigenvalue weighted by molar-refractivity contribution is 7.85. The van der Waals surface area contributed by atoms with Crippen molar-refractivity contribution in [2.24, 2.45) is 7.05 Å². The fourth-order valence-corrected chi connectivity index (χ4v) is 3.70. The van der Waals surface area contributed by atoms with Crippen molar-refractivity contribution in [1.82, 2.24) is 9.55 Å². The fourth-order valence-electron chi connectivity index (χ4n) is 2.69. The zero-order valence-electron chi connectivity index (χ0n) is 15.8. The average molecular weight is 399 g/mol. The monoisotopic (exact) mass is 399 g/mol. The van der Waals surface area contributed by atoms with Crippen molar-refractivity contribution >= 4 is 22.4 Å². The Morgan fingerprint density at radius 1 is 1.04 bits per heavy atom. The molecule has 0 unspecified atom stereocenters. The van der Waals surface area contributed by atoms with E-state index in [0.29, 0.717) is 16.6 Å². The fraction of sp³-hybridized carbons (Fsp3) is 0.200. The second kappa shape index (κ2) is 8.71. The molecule has 2 aromatic carbocycles. The van der Waals surface area contributed by atoms with Gasteiger partial charge in [-0.05, 0) is 48.5 Å². The lowest BCUT2D eigenvalue weighted by Crippen LogP contribution is -2.21. The van der Waals surface area contributed by atoms with E-state index < -0.39 is 10.8 Å². The maximum atomic E-state index is 12.6. The molecule has 0 aliphatic heterocycles. The van der Waals surface area contributed by atoms with Crippen molar-refractivity contribution in [3.05, 3.63) is 54.7 Å². The van der Waals surface area contributed by atoms with Crippen LogP contribution < -0.4 is 14.8 Å². The predicted molar refractivity (Wildman–Crippen MR) is 108 cm³/mol. The Bertz CT molecular complexity index is 982. The zero-order chi connectivity index (χ0) is 20.1. The molecule has 0 spiro atoms. The van der Waals surface area contributed by atoms with Crippen LogP contribution >= 0.6 is 0 Å². The lowest BCUT2D eigenvalue weighted by molar-refractivity contribution is -0.113. The van der Waals surface area contributed by atoms with E-state index in [0.717, 1.165) is 17.0 Å². The molecule has 0 radical (unpaired) electrons. The first-order valence-electron chi connectivity index (χ1n) is 8.50. The molecule has 1 atom stereocenters. The smallest absolute Gasteiger partial charge is 0.237 e. The van der Waals surface area contributed by atoms with E-state index in [1.54, 1.807) is 56.3 Å². The van der Waals surface area contributed by atoms with Crippen LogP contribution in [0.2, 0.25) is 0 Å². The first-order chi connectivity index (χ1) is 13.5. The molecular formula is C20H21N3O4S. The number of rotatable bonds is 7. The average Bonchev–Trinajstić information content (AvgIpc) is 3.10. The number of amides is 1. The van der Waals surface area contributed by atoms with Crippen molar-refractivity contribution < 1.29 is 18.5 Å². The van der Waals surface area contributed by atoms with Gasteiger partial charge in [-0.15, -0.1) is 0 Å². The van der Waals surface area contributed by atoms with Gasteiger partial charge in [-0.25, -0.2) is 4.98 Å². The Labute approximate surface area is 165 Å². The highest BCUT2D eigenvalue weighted by atomic mass is 32.2. The summed E-state index contributed by atoms with van der Waals surface area (Å²) in [6, 6.07) is 14.4. The Kier molecular flexibility index (Phi) is 6.10. The number of benzene rings is 2. The van der Waals surface area contributed by atoms with Crippen LogP contribution in [0.25, 0.3) is 11.3 Å². The van der Waals surface area contributed by atoms with Crippen LogP contribution in [0.4, 0.5) is 5.69 Å². The van der Waals surface area contributed by atoms with E-state index >= 15 is 0 Å². The third kappa shape index (κ3) is 4.40. The quantitative estimate of drug-likeness (QED) is 0.661. The molecule has 7 nitrogen and oxygen atoms in total. The van der Waals surface area contributed by atoms with Gasteiger partial charge in [0.25, 0.3) is 0 Å². The molecule has 8 heteroatoms. The van der Waals surface area contributed by atoms with Gasteiger partial charge in [-0.1, -0.05) is 0 Å². The second-order valence-electron chi connectivity index (χ2n) is 5.98. The lowest BCUT2D eigenvalue weighted by Gasteiger charge is -2.08. The van der Waals surface area contributed by atoms with Gasteiger partial charge in [-0.3, -0.25) is 9.00 Å². The van der Waals surface area contributed by atoms with Gasteiger partial charge < -0.3 is 19.4 Å². The summed E-state index contributed by atoms with van der Waals surface area (Å²) in [6.45, 7) is 0. The molecular weight excluding hydrogens is 378 g/mol. The number of methoxy groups -OCH3 is 2. The van der Waals surface area contributed by atoms with Gasteiger partial charge in [0.15, 0.2) is 5.16 Å². The van der Waals surface area contributed by atoms with Crippen LogP contribution in [-0.4, -0.2) is 39.6 Å². The Balaban J connectivity index is 1.68. The van der Waals surface area contributed by atoms with Gasteiger partial charge in [0.1, 0.15) is 17.3 Å². The second-order valence-corrected chi connectivity index (χ2v) is 7.32. The van der Waals surface area contributed by atoms with Crippen molar-refractivity contribution in [3.63, 3.8) is 0 Å². The lowest BCUT2D eigenvalue weighted by atomic mass is 10.1. The van der Waals surface area contributed by atoms with E-state index in [1.165, 1.54) is 0 Å². The van der Waals surface area contributed by atoms with Crippen LogP contribution in [-0.2, 0) is 22.6 Å². The molecule has 1 N–H and O–H groups in total. The molecule has 1 aromatic heterocycles. The minimum atomic E-state index is -1.57. The number of imidazole rings is 1. The maximum Gasteiger partial charge on any atom is 0.237 e. The summed E-state index contributed by atoms with van der Waals surface area (Å²) in [4.78, 5) is 16.5. The third-order valence-electron chi connectivity index (χ3n) is 4.17. The van der Waals surface area contributed by atoms with Crippen molar-refractivity contribution in [3.8, 4) is 22.8 Å². The largest absolute Gasteiger partial charge is 0.497 e. The SMILES string of the molecule is COc1ccc(NC(=O)C[S@](=O)c2ncc(-c3ccc(OC)cc3)n2C)cc1. The van der Waals surface area contributed by atoms with Gasteiger partial charge in [-0.2, -0.15) is 0 Å².